The van der Waals surface area contributed by atoms with Crippen LogP contribution in [0.4, 0.5) is 0 Å². The summed E-state index contributed by atoms with van der Waals surface area (Å²) in [5.74, 6) is -0.271. The van der Waals surface area contributed by atoms with E-state index in [2.05, 4.69) is 10.0 Å². The van der Waals surface area contributed by atoms with Crippen molar-refractivity contribution in [1.82, 2.24) is 14.9 Å². The molecule has 1 atom stereocenters. The molecular weight excluding hydrogens is 466 g/mol. The molecule has 3 rings (SSSR count). The van der Waals surface area contributed by atoms with Gasteiger partial charge in [-0.05, 0) is 55.2 Å². The fraction of sp³-hybridized carbons (Fsp3) is 0.478. The van der Waals surface area contributed by atoms with Gasteiger partial charge in [-0.25, -0.2) is 13.1 Å². The van der Waals surface area contributed by atoms with Gasteiger partial charge in [0.05, 0.1) is 24.2 Å². The van der Waals surface area contributed by atoms with Gasteiger partial charge < -0.3 is 14.6 Å². The van der Waals surface area contributed by atoms with E-state index in [4.69, 9.17) is 16.0 Å². The minimum atomic E-state index is -3.90. The van der Waals surface area contributed by atoms with Gasteiger partial charge >= 0.3 is 0 Å². The third kappa shape index (κ3) is 6.59. The number of hydrogen-bond donors (Lipinski definition) is 2. The van der Waals surface area contributed by atoms with E-state index in [0.717, 1.165) is 25.7 Å². The van der Waals surface area contributed by atoms with Gasteiger partial charge in [0, 0.05) is 11.1 Å². The SMILES string of the molecule is CC(C)[C@H](C(=O)NCc1ccco1)N(C(=O)CNS(=O)(=O)c1ccc(Cl)cc1)C1CCCC1. The molecule has 1 aliphatic carbocycles. The molecule has 0 spiro atoms. The highest BCUT2D eigenvalue weighted by molar-refractivity contribution is 7.89. The number of sulfonamides is 1. The van der Waals surface area contributed by atoms with Crippen LogP contribution in [0.15, 0.2) is 52.0 Å². The average Bonchev–Trinajstić information content (AvgIpc) is 3.48. The molecule has 2 amide bonds. The van der Waals surface area contributed by atoms with Crippen molar-refractivity contribution in [3.8, 4) is 0 Å². The lowest BCUT2D eigenvalue weighted by Crippen LogP contribution is -2.57. The number of furan rings is 1. The number of hydrogen-bond acceptors (Lipinski definition) is 5. The van der Waals surface area contributed by atoms with E-state index in [1.807, 2.05) is 13.8 Å². The summed E-state index contributed by atoms with van der Waals surface area (Å²) in [6.45, 7) is 3.54. The molecule has 1 aliphatic rings. The highest BCUT2D eigenvalue weighted by Gasteiger charge is 2.38. The zero-order chi connectivity index (χ0) is 24.0. The van der Waals surface area contributed by atoms with Crippen molar-refractivity contribution in [3.05, 3.63) is 53.4 Å². The monoisotopic (exact) mass is 495 g/mol. The highest BCUT2D eigenvalue weighted by Crippen LogP contribution is 2.28. The second-order valence-electron chi connectivity index (χ2n) is 8.50. The van der Waals surface area contributed by atoms with Crippen LogP contribution in [0.25, 0.3) is 0 Å². The summed E-state index contributed by atoms with van der Waals surface area (Å²) in [4.78, 5) is 28.1. The van der Waals surface area contributed by atoms with Crippen molar-refractivity contribution < 1.29 is 22.4 Å². The Morgan fingerprint density at radius 3 is 2.39 bits per heavy atom. The van der Waals surface area contributed by atoms with Gasteiger partial charge in [-0.1, -0.05) is 38.3 Å². The smallest absolute Gasteiger partial charge is 0.243 e. The van der Waals surface area contributed by atoms with Crippen LogP contribution in [0, 0.1) is 5.92 Å². The molecule has 1 saturated carbocycles. The number of benzene rings is 1. The highest BCUT2D eigenvalue weighted by atomic mass is 35.5. The zero-order valence-electron chi connectivity index (χ0n) is 18.8. The van der Waals surface area contributed by atoms with Gasteiger partial charge in [0.25, 0.3) is 0 Å². The lowest BCUT2D eigenvalue weighted by atomic mass is 9.98. The summed E-state index contributed by atoms with van der Waals surface area (Å²) in [5.41, 5.74) is 0. The first-order valence-corrected chi connectivity index (χ1v) is 12.9. The van der Waals surface area contributed by atoms with E-state index in [1.54, 1.807) is 17.0 Å². The van der Waals surface area contributed by atoms with Gasteiger partial charge in [0.15, 0.2) is 0 Å². The predicted octanol–water partition coefficient (Wildman–Crippen LogP) is 3.32. The third-order valence-corrected chi connectivity index (χ3v) is 7.43. The van der Waals surface area contributed by atoms with Gasteiger partial charge in [-0.3, -0.25) is 9.59 Å². The maximum Gasteiger partial charge on any atom is 0.243 e. The third-order valence-electron chi connectivity index (χ3n) is 5.76. The van der Waals surface area contributed by atoms with Crippen molar-refractivity contribution in [3.63, 3.8) is 0 Å². The minimum Gasteiger partial charge on any atom is -0.467 e. The van der Waals surface area contributed by atoms with Crippen molar-refractivity contribution in [1.29, 1.82) is 0 Å². The van der Waals surface area contributed by atoms with E-state index >= 15 is 0 Å². The van der Waals surface area contributed by atoms with Crippen LogP contribution in [0.5, 0.6) is 0 Å². The summed E-state index contributed by atoms with van der Waals surface area (Å²) in [6, 6.07) is 8.36. The quantitative estimate of drug-likeness (QED) is 0.525. The normalized spacial score (nSPS) is 15.5. The lowest BCUT2D eigenvalue weighted by molar-refractivity contribution is -0.144. The molecule has 1 heterocycles. The van der Waals surface area contributed by atoms with Crippen LogP contribution in [0.3, 0.4) is 0 Å². The van der Waals surface area contributed by atoms with Crippen molar-refractivity contribution in [2.45, 2.75) is 63.1 Å². The fourth-order valence-electron chi connectivity index (χ4n) is 4.16. The second kappa shape index (κ2) is 11.2. The minimum absolute atomic E-state index is 0.0173. The first kappa shape index (κ1) is 25.3. The van der Waals surface area contributed by atoms with E-state index < -0.39 is 28.5 Å². The first-order chi connectivity index (χ1) is 15.7. The molecule has 180 valence electrons. The maximum atomic E-state index is 13.3. The Morgan fingerprint density at radius 2 is 1.82 bits per heavy atom. The number of nitrogens with one attached hydrogen (secondary N) is 2. The number of rotatable bonds is 10. The van der Waals surface area contributed by atoms with Crippen LogP contribution < -0.4 is 10.0 Å². The molecule has 0 saturated heterocycles. The molecule has 0 radical (unpaired) electrons. The molecule has 33 heavy (non-hydrogen) atoms. The molecule has 0 unspecified atom stereocenters. The van der Waals surface area contributed by atoms with E-state index in [1.165, 1.54) is 30.5 Å². The summed E-state index contributed by atoms with van der Waals surface area (Å²) in [6.07, 6.45) is 5.02. The molecule has 1 aromatic heterocycles. The molecule has 2 N–H and O–H groups in total. The number of carbonyl (C=O) groups is 2. The Bertz CT molecular complexity index is 1030. The first-order valence-electron chi connectivity index (χ1n) is 11.1. The fourth-order valence-corrected chi connectivity index (χ4v) is 5.26. The Labute approximate surface area is 199 Å². The molecule has 8 nitrogen and oxygen atoms in total. The molecule has 1 aromatic carbocycles. The number of nitrogens with zero attached hydrogens (tertiary/aromatic N) is 1. The molecule has 2 aromatic rings. The number of amides is 2. The molecular formula is C23H30ClN3O5S. The Morgan fingerprint density at radius 1 is 1.15 bits per heavy atom. The maximum absolute atomic E-state index is 13.3. The predicted molar refractivity (Wildman–Crippen MR) is 125 cm³/mol. The van der Waals surface area contributed by atoms with Crippen LogP contribution >= 0.6 is 11.6 Å². The van der Waals surface area contributed by atoms with Crippen molar-refractivity contribution >= 4 is 33.4 Å². The molecule has 1 fully saturated rings. The topological polar surface area (TPSA) is 109 Å². The van der Waals surface area contributed by atoms with Crippen LogP contribution in [-0.4, -0.2) is 43.8 Å². The van der Waals surface area contributed by atoms with Crippen molar-refractivity contribution in [2.24, 2.45) is 5.92 Å². The molecule has 10 heteroatoms. The molecule has 0 aliphatic heterocycles. The van der Waals surface area contributed by atoms with Gasteiger partial charge in [0.1, 0.15) is 11.8 Å². The standard InChI is InChI=1S/C23H30ClN3O5S/c1-16(2)22(23(29)25-14-19-8-5-13-32-19)27(18-6-3-4-7-18)21(28)15-26-33(30,31)20-11-9-17(24)10-12-20/h5,8-13,16,18,22,26H,3-4,6-7,14-15H2,1-2H3,(H,25,29)/t22-/m1/s1. The number of halogens is 1. The van der Waals surface area contributed by atoms with Crippen LogP contribution in [0.2, 0.25) is 5.02 Å². The van der Waals surface area contributed by atoms with Gasteiger partial charge in [-0.15, -0.1) is 0 Å². The Kier molecular flexibility index (Phi) is 8.56. The zero-order valence-corrected chi connectivity index (χ0v) is 20.4. The van der Waals surface area contributed by atoms with Crippen molar-refractivity contribution in [2.75, 3.05) is 6.54 Å². The van der Waals surface area contributed by atoms with Gasteiger partial charge in [0.2, 0.25) is 21.8 Å². The van der Waals surface area contributed by atoms with E-state index in [9.17, 15) is 18.0 Å². The lowest BCUT2D eigenvalue weighted by Gasteiger charge is -2.38. The van der Waals surface area contributed by atoms with Gasteiger partial charge in [-0.2, -0.15) is 0 Å². The van der Waals surface area contributed by atoms with Crippen LogP contribution in [0.1, 0.15) is 45.3 Å². The van der Waals surface area contributed by atoms with Crippen LogP contribution in [-0.2, 0) is 26.2 Å². The van der Waals surface area contributed by atoms with E-state index in [-0.39, 0.29) is 29.3 Å². The second-order valence-corrected chi connectivity index (χ2v) is 10.7. The van der Waals surface area contributed by atoms with E-state index in [0.29, 0.717) is 10.8 Å². The largest absolute Gasteiger partial charge is 0.467 e. The summed E-state index contributed by atoms with van der Waals surface area (Å²) < 4.78 is 33.0. The Hall–Kier alpha value is -2.36. The molecule has 0 bridgehead atoms. The summed E-state index contributed by atoms with van der Waals surface area (Å²) in [7, 11) is -3.90. The average molecular weight is 496 g/mol. The summed E-state index contributed by atoms with van der Waals surface area (Å²) >= 11 is 5.84. The summed E-state index contributed by atoms with van der Waals surface area (Å²) in [5, 5.41) is 3.27. The number of carbonyl (C=O) groups excluding carboxylic acids is 2. The Balaban J connectivity index is 1.75.